The highest BCUT2D eigenvalue weighted by atomic mass is 32.2. The molecular formula is C11H11N5O4S2. The molecule has 0 aliphatic carbocycles. The second kappa shape index (κ2) is 6.51. The Morgan fingerprint density at radius 1 is 1.32 bits per heavy atom. The van der Waals surface area contributed by atoms with Crippen LogP contribution in [0.25, 0.3) is 0 Å². The average molecular weight is 341 g/mol. The summed E-state index contributed by atoms with van der Waals surface area (Å²) in [5.74, 6) is -1.41. The maximum Gasteiger partial charge on any atom is 0.357 e. The molecule has 1 unspecified atom stereocenters. The third kappa shape index (κ3) is 3.39. The first-order chi connectivity index (χ1) is 10.4. The summed E-state index contributed by atoms with van der Waals surface area (Å²) in [7, 11) is 0. The molecule has 0 radical (unpaired) electrons. The lowest BCUT2D eigenvalue weighted by Crippen LogP contribution is -2.22. The van der Waals surface area contributed by atoms with E-state index in [1.807, 2.05) is 0 Å². The number of hydrogen-bond acceptors (Lipinski definition) is 5. The maximum absolute atomic E-state index is 11.6. The molecule has 0 saturated carbocycles. The summed E-state index contributed by atoms with van der Waals surface area (Å²) in [5, 5.41) is 9.11. The van der Waals surface area contributed by atoms with Crippen molar-refractivity contribution < 1.29 is 18.7 Å². The van der Waals surface area contributed by atoms with E-state index in [0.29, 0.717) is 11.4 Å². The number of thiazole rings is 1. The van der Waals surface area contributed by atoms with Gasteiger partial charge in [0.25, 0.3) is 11.3 Å². The first-order valence-corrected chi connectivity index (χ1v) is 7.62. The molecule has 6 N–H and O–H groups in total. The van der Waals surface area contributed by atoms with E-state index in [1.54, 1.807) is 0 Å². The molecule has 0 amide bonds. The Morgan fingerprint density at radius 3 is 2.45 bits per heavy atom. The lowest BCUT2D eigenvalue weighted by Gasteiger charge is -2.18. The zero-order valence-electron chi connectivity index (χ0n) is 10.9. The molecule has 1 aromatic heterocycles. The van der Waals surface area contributed by atoms with Crippen LogP contribution in [0.4, 0.5) is 16.4 Å². The van der Waals surface area contributed by atoms with Gasteiger partial charge >= 0.3 is 5.97 Å². The van der Waals surface area contributed by atoms with Gasteiger partial charge in [0.2, 0.25) is 0 Å². The molecule has 22 heavy (non-hydrogen) atoms. The summed E-state index contributed by atoms with van der Waals surface area (Å²) in [4.78, 5) is 18.6. The van der Waals surface area contributed by atoms with Gasteiger partial charge in [-0.2, -0.15) is 0 Å². The number of nitrogens with zero attached hydrogens (tertiary/aromatic N) is 3. The van der Waals surface area contributed by atoms with E-state index >= 15 is 0 Å². The van der Waals surface area contributed by atoms with Gasteiger partial charge in [0.15, 0.2) is 11.7 Å². The van der Waals surface area contributed by atoms with E-state index in [4.69, 9.17) is 16.6 Å². The number of benzene rings is 1. The number of aromatic carboxylic acids is 1. The van der Waals surface area contributed by atoms with Crippen molar-refractivity contribution in [2.24, 2.45) is 16.5 Å². The van der Waals surface area contributed by atoms with Gasteiger partial charge in [0.05, 0.1) is 16.9 Å². The number of rotatable bonds is 5. The second-order valence-corrected chi connectivity index (χ2v) is 5.55. The molecule has 1 aromatic carbocycles. The van der Waals surface area contributed by atoms with E-state index in [2.05, 4.69) is 9.98 Å². The van der Waals surface area contributed by atoms with E-state index in [-0.39, 0.29) is 16.7 Å². The molecule has 0 spiro atoms. The average Bonchev–Trinajstić information content (AvgIpc) is 2.89. The molecule has 1 atom stereocenters. The lowest BCUT2D eigenvalue weighted by atomic mass is 10.3. The summed E-state index contributed by atoms with van der Waals surface area (Å²) >= 11 is -1.54. The van der Waals surface area contributed by atoms with Crippen molar-refractivity contribution in [2.45, 2.75) is 0 Å². The van der Waals surface area contributed by atoms with Gasteiger partial charge in [0.1, 0.15) is 5.00 Å². The Bertz CT molecular complexity index is 739. The minimum Gasteiger partial charge on any atom is -0.476 e. The molecule has 0 saturated heterocycles. The molecule has 116 valence electrons. The molecule has 2 aromatic rings. The number of aliphatic imine (C=N–C) groups is 1. The van der Waals surface area contributed by atoms with Crippen LogP contribution in [0.15, 0.2) is 34.8 Å². The fourth-order valence-electron chi connectivity index (χ4n) is 1.62. The van der Waals surface area contributed by atoms with Crippen LogP contribution in [0.2, 0.25) is 0 Å². The third-order valence-corrected chi connectivity index (χ3v) is 4.07. The van der Waals surface area contributed by atoms with E-state index in [9.17, 15) is 13.6 Å². The number of carbonyl (C=O) groups is 1. The van der Waals surface area contributed by atoms with Crippen LogP contribution in [0.1, 0.15) is 10.5 Å². The highest BCUT2D eigenvalue weighted by molar-refractivity contribution is 7.81. The number of anilines is 2. The maximum atomic E-state index is 11.6. The van der Waals surface area contributed by atoms with Crippen LogP contribution in [0.3, 0.4) is 0 Å². The number of aromatic nitrogens is 1. The number of guanidine groups is 1. The van der Waals surface area contributed by atoms with Crippen LogP contribution in [-0.2, 0) is 11.3 Å². The van der Waals surface area contributed by atoms with Gasteiger partial charge in [-0.05, 0) is 24.3 Å². The Morgan fingerprint density at radius 2 is 1.95 bits per heavy atom. The topological polar surface area (TPSA) is 155 Å². The summed E-state index contributed by atoms with van der Waals surface area (Å²) < 4.78 is 22.0. The quantitative estimate of drug-likeness (QED) is 0.359. The van der Waals surface area contributed by atoms with E-state index in [1.165, 1.54) is 29.8 Å². The highest BCUT2D eigenvalue weighted by Crippen LogP contribution is 2.34. The summed E-state index contributed by atoms with van der Waals surface area (Å²) in [5.41, 5.74) is 12.2. The molecule has 2 rings (SSSR count). The Balaban J connectivity index is 2.45. The van der Waals surface area contributed by atoms with Crippen molar-refractivity contribution in [3.05, 3.63) is 35.5 Å². The number of carboxylic acids is 1. The zero-order chi connectivity index (χ0) is 16.3. The number of nitrogens with two attached hydrogens (primary N) is 2. The van der Waals surface area contributed by atoms with Crippen molar-refractivity contribution >= 4 is 50.9 Å². The Labute approximate surface area is 131 Å². The molecule has 11 heteroatoms. The standard InChI is InChI=1S/C11H11N5O4S2/c12-11(13)15-6-1-3-7(4-2-6)16(22(19)20)9-8(10(17)18)14-5-21-9/h1-5H,(H,17,18)(H,19,20)(H4,12,13,15). The van der Waals surface area contributed by atoms with Crippen molar-refractivity contribution in [1.29, 1.82) is 0 Å². The number of hydrogen-bond donors (Lipinski definition) is 4. The van der Waals surface area contributed by atoms with Crippen LogP contribution in [0, 0.1) is 0 Å². The van der Waals surface area contributed by atoms with Crippen molar-refractivity contribution in [3.8, 4) is 0 Å². The van der Waals surface area contributed by atoms with Gasteiger partial charge in [-0.25, -0.2) is 23.3 Å². The predicted octanol–water partition coefficient (Wildman–Crippen LogP) is 1.02. The van der Waals surface area contributed by atoms with Gasteiger partial charge in [-0.3, -0.25) is 4.55 Å². The van der Waals surface area contributed by atoms with Crippen LogP contribution in [0.5, 0.6) is 0 Å². The summed E-state index contributed by atoms with van der Waals surface area (Å²) in [6.07, 6.45) is 0. The molecule has 9 nitrogen and oxygen atoms in total. The molecule has 0 fully saturated rings. The van der Waals surface area contributed by atoms with Crippen LogP contribution < -0.4 is 15.8 Å². The minimum absolute atomic E-state index is 0.0444. The Hall–Kier alpha value is -2.50. The lowest BCUT2D eigenvalue weighted by molar-refractivity contribution is 0.0692. The summed E-state index contributed by atoms with van der Waals surface area (Å²) in [6.45, 7) is 0. The fraction of sp³-hybridized carbons (Fsp3) is 0. The van der Waals surface area contributed by atoms with E-state index in [0.717, 1.165) is 15.6 Å². The molecule has 0 aliphatic heterocycles. The van der Waals surface area contributed by atoms with Crippen molar-refractivity contribution in [2.75, 3.05) is 4.31 Å². The van der Waals surface area contributed by atoms with Crippen LogP contribution in [-0.4, -0.2) is 30.8 Å². The highest BCUT2D eigenvalue weighted by Gasteiger charge is 2.24. The van der Waals surface area contributed by atoms with Crippen molar-refractivity contribution in [1.82, 2.24) is 4.98 Å². The zero-order valence-corrected chi connectivity index (χ0v) is 12.5. The smallest absolute Gasteiger partial charge is 0.357 e. The van der Waals surface area contributed by atoms with Gasteiger partial charge in [-0.1, -0.05) is 0 Å². The van der Waals surface area contributed by atoms with Crippen molar-refractivity contribution in [3.63, 3.8) is 0 Å². The molecular weight excluding hydrogens is 330 g/mol. The predicted molar refractivity (Wildman–Crippen MR) is 83.9 cm³/mol. The van der Waals surface area contributed by atoms with Gasteiger partial charge in [0, 0.05) is 0 Å². The largest absolute Gasteiger partial charge is 0.476 e. The molecule has 0 bridgehead atoms. The molecule has 1 heterocycles. The first kappa shape index (κ1) is 15.9. The monoisotopic (exact) mass is 341 g/mol. The van der Waals surface area contributed by atoms with Gasteiger partial charge in [-0.15, -0.1) is 11.3 Å². The first-order valence-electron chi connectivity index (χ1n) is 5.67. The van der Waals surface area contributed by atoms with Crippen LogP contribution >= 0.6 is 11.3 Å². The third-order valence-electron chi connectivity index (χ3n) is 2.43. The summed E-state index contributed by atoms with van der Waals surface area (Å²) in [6, 6.07) is 6.02. The minimum atomic E-state index is -2.47. The fourth-order valence-corrected chi connectivity index (χ4v) is 3.18. The Kier molecular flexibility index (Phi) is 4.70. The molecule has 0 aliphatic rings. The SMILES string of the molecule is NC(N)=Nc1ccc(N(c2scnc2C(=O)O)S(=O)O)cc1. The second-order valence-electron chi connectivity index (χ2n) is 3.89. The van der Waals surface area contributed by atoms with Gasteiger partial charge < -0.3 is 16.6 Å². The van der Waals surface area contributed by atoms with E-state index < -0.39 is 17.2 Å². The number of carboxylic acid groups (broad SMARTS) is 1. The normalized spacial score (nSPS) is 11.7.